The van der Waals surface area contributed by atoms with Crippen LogP contribution in [0.2, 0.25) is 0 Å². The molecule has 0 bridgehead atoms. The van der Waals surface area contributed by atoms with Crippen molar-refractivity contribution >= 4 is 74.3 Å². The Bertz CT molecular complexity index is 2630. The van der Waals surface area contributed by atoms with Crippen molar-refractivity contribution in [3.63, 3.8) is 0 Å². The molecule has 2 saturated heterocycles. The fourth-order valence-corrected chi connectivity index (χ4v) is 9.37. The number of hydrogen-bond donors (Lipinski definition) is 5. The van der Waals surface area contributed by atoms with Crippen LogP contribution in [-0.4, -0.2) is 111 Å². The third-order valence-electron chi connectivity index (χ3n) is 12.1. The van der Waals surface area contributed by atoms with Crippen LogP contribution in [0.15, 0.2) is 112 Å². The summed E-state index contributed by atoms with van der Waals surface area (Å²) in [7, 11) is 0. The summed E-state index contributed by atoms with van der Waals surface area (Å²) in [5.74, 6) is -0.956. The highest BCUT2D eigenvalue weighted by Crippen LogP contribution is 2.40. The van der Waals surface area contributed by atoms with Gasteiger partial charge in [-0.05, 0) is 130 Å². The maximum Gasteiger partial charge on any atom is 0.408 e. The topological polar surface area (TPSA) is 215 Å². The van der Waals surface area contributed by atoms with E-state index in [2.05, 4.69) is 37.5 Å². The van der Waals surface area contributed by atoms with Gasteiger partial charge in [-0.2, -0.15) is 0 Å². The van der Waals surface area contributed by atoms with Crippen molar-refractivity contribution in [2.24, 2.45) is 0 Å². The van der Waals surface area contributed by atoms with Gasteiger partial charge in [0.2, 0.25) is 17.7 Å². The molecule has 0 saturated carbocycles. The van der Waals surface area contributed by atoms with Crippen molar-refractivity contribution < 1.29 is 48.0 Å². The van der Waals surface area contributed by atoms with Gasteiger partial charge in [0.15, 0.2) is 6.29 Å². The Kier molecular flexibility index (Phi) is 17.2. The van der Waals surface area contributed by atoms with Crippen LogP contribution in [0.4, 0.5) is 16.2 Å². The molecule has 2 aliphatic rings. The van der Waals surface area contributed by atoms with E-state index in [9.17, 15) is 33.9 Å². The third-order valence-corrected chi connectivity index (χ3v) is 12.9. The summed E-state index contributed by atoms with van der Waals surface area (Å²) in [6.07, 6.45) is 0.499. The fraction of sp³-hybridized carbons (Fsp3) is 0.373. The molecule has 2 aliphatic heterocycles. The zero-order valence-electron chi connectivity index (χ0n) is 39.7. The van der Waals surface area contributed by atoms with Crippen LogP contribution in [-0.2, 0) is 33.6 Å². The summed E-state index contributed by atoms with van der Waals surface area (Å²) in [4.78, 5) is 95.4. The monoisotopic (exact) mass is 1020 g/mol. The summed E-state index contributed by atoms with van der Waals surface area (Å²) >= 11 is 3.70. The number of amides is 5. The van der Waals surface area contributed by atoms with Gasteiger partial charge in [-0.25, -0.2) is 4.79 Å². The smallest absolute Gasteiger partial charge is 0.408 e. The van der Waals surface area contributed by atoms with Gasteiger partial charge in [0, 0.05) is 41.5 Å². The lowest BCUT2D eigenvalue weighted by Gasteiger charge is -2.36. The van der Waals surface area contributed by atoms with Crippen LogP contribution in [0.5, 0.6) is 0 Å². The van der Waals surface area contributed by atoms with Gasteiger partial charge in [-0.1, -0.05) is 65.8 Å². The zero-order valence-corrected chi connectivity index (χ0v) is 41.3. The van der Waals surface area contributed by atoms with Crippen LogP contribution >= 0.6 is 15.9 Å². The van der Waals surface area contributed by atoms with E-state index in [1.165, 1.54) is 10.1 Å². The number of fused-ring (bicyclic) bond motifs is 1. The molecule has 19 heteroatoms. The van der Waals surface area contributed by atoms with Crippen molar-refractivity contribution in [2.45, 2.75) is 103 Å². The van der Waals surface area contributed by atoms with Gasteiger partial charge in [-0.15, -0.1) is 5.59 Å². The number of likely N-dealkylation sites (tertiary alicyclic amines) is 2. The maximum atomic E-state index is 14.4. The van der Waals surface area contributed by atoms with Crippen molar-refractivity contribution in [2.75, 3.05) is 30.4 Å². The Morgan fingerprint density at radius 3 is 1.93 bits per heavy atom. The molecule has 5 atom stereocenters. The molecular weight excluding hydrogens is 965 g/mol. The number of anilines is 2. The molecule has 1 unspecified atom stereocenters. The number of nitrogens with zero attached hydrogens (tertiary/aromatic N) is 4. The van der Waals surface area contributed by atoms with Gasteiger partial charge in [0.25, 0.3) is 5.91 Å². The standard InChI is InChI=1S/C51H59BrN8O10/c1-31(2)60(51(66)67)45(35-16-10-7-11-17-35)50(65)58-27-13-19-41(58)47(62)54-37-22-20-36(21-23-37)46-43(52)39-28-38(24-25-42(39)68-46)55-48(63)40-18-12-26-57(40)49(64)44(34-14-8-6-9-15-34)53-30-59(56-69-32(3)4)70-33(5)29-61/h6-11,14-17,20-25,28-29,31-33,40-41,44-45,53,56H,12-13,18-19,26-27,30H2,1-5H3,(H,54,62)(H,55,63)(H,66,67)/t33?,40-,41-,44+,45+/m0/s1. The van der Waals surface area contributed by atoms with Crippen molar-refractivity contribution in [1.82, 2.24) is 30.8 Å². The molecule has 5 amide bonds. The number of hydroxylamine groups is 1. The zero-order chi connectivity index (χ0) is 50.1. The van der Waals surface area contributed by atoms with Gasteiger partial charge in [0.05, 0.1) is 17.2 Å². The predicted molar refractivity (Wildman–Crippen MR) is 265 cm³/mol. The Morgan fingerprint density at radius 2 is 1.36 bits per heavy atom. The first-order valence-electron chi connectivity index (χ1n) is 23.4. The number of carboxylic acid groups (broad SMARTS) is 1. The van der Waals surface area contributed by atoms with Crippen molar-refractivity contribution in [3.05, 3.63) is 119 Å². The van der Waals surface area contributed by atoms with Gasteiger partial charge in [-0.3, -0.25) is 39.1 Å². The molecule has 0 aliphatic carbocycles. The Morgan fingerprint density at radius 1 is 0.786 bits per heavy atom. The second-order valence-corrected chi connectivity index (χ2v) is 18.6. The molecule has 0 spiro atoms. The average molecular weight is 1020 g/mol. The van der Waals surface area contributed by atoms with E-state index in [1.807, 2.05) is 44.2 Å². The van der Waals surface area contributed by atoms with Gasteiger partial charge >= 0.3 is 6.09 Å². The third kappa shape index (κ3) is 12.1. The minimum Gasteiger partial charge on any atom is -0.465 e. The lowest BCUT2D eigenvalue weighted by atomic mass is 10.0. The molecular formula is C51H59BrN8O10. The summed E-state index contributed by atoms with van der Waals surface area (Å²) in [6, 6.07) is 26.2. The van der Waals surface area contributed by atoms with E-state index in [0.29, 0.717) is 94.3 Å². The molecule has 5 aromatic rings. The maximum absolute atomic E-state index is 14.4. The Labute approximate surface area is 414 Å². The number of halogens is 1. The second-order valence-electron chi connectivity index (χ2n) is 17.8. The molecule has 18 nitrogen and oxygen atoms in total. The highest BCUT2D eigenvalue weighted by molar-refractivity contribution is 9.10. The van der Waals surface area contributed by atoms with Crippen LogP contribution < -0.4 is 21.5 Å². The number of hydrazine groups is 1. The fourth-order valence-electron chi connectivity index (χ4n) is 8.75. The van der Waals surface area contributed by atoms with Crippen LogP contribution in [0.1, 0.15) is 83.5 Å². The Balaban J connectivity index is 1.01. The molecule has 70 heavy (non-hydrogen) atoms. The number of nitrogens with one attached hydrogen (secondary N) is 4. The first-order chi connectivity index (χ1) is 33.6. The lowest BCUT2D eigenvalue weighted by Crippen LogP contribution is -2.51. The summed E-state index contributed by atoms with van der Waals surface area (Å²) in [5.41, 5.74) is 6.13. The van der Waals surface area contributed by atoms with Gasteiger partial charge < -0.3 is 34.8 Å². The minimum absolute atomic E-state index is 0.0569. The average Bonchev–Trinajstić information content (AvgIpc) is 4.13. The number of carbonyl (C=O) groups is 6. The van der Waals surface area contributed by atoms with E-state index in [0.717, 1.165) is 4.90 Å². The van der Waals surface area contributed by atoms with E-state index in [-0.39, 0.29) is 30.5 Å². The number of hydrogen-bond acceptors (Lipinski definition) is 12. The second kappa shape index (κ2) is 23.4. The normalized spacial score (nSPS) is 17.2. The highest BCUT2D eigenvalue weighted by Gasteiger charge is 2.42. The number of furan rings is 1. The Hall–Kier alpha value is -6.48. The first kappa shape index (κ1) is 51.4. The van der Waals surface area contributed by atoms with Crippen LogP contribution in [0.3, 0.4) is 0 Å². The van der Waals surface area contributed by atoms with Crippen LogP contribution in [0, 0.1) is 0 Å². The molecule has 5 N–H and O–H groups in total. The van der Waals surface area contributed by atoms with Gasteiger partial charge in [0.1, 0.15) is 41.6 Å². The number of carbonyl (C=O) groups excluding carboxylic acids is 5. The number of benzene rings is 4. The molecule has 1 aromatic heterocycles. The molecule has 0 radical (unpaired) electrons. The predicted octanol–water partition coefficient (Wildman–Crippen LogP) is 7.81. The largest absolute Gasteiger partial charge is 0.465 e. The summed E-state index contributed by atoms with van der Waals surface area (Å²) < 4.78 is 6.91. The van der Waals surface area contributed by atoms with Crippen molar-refractivity contribution in [3.8, 4) is 11.3 Å². The van der Waals surface area contributed by atoms with E-state index >= 15 is 0 Å². The number of aldehydes is 1. The van der Waals surface area contributed by atoms with E-state index < -0.39 is 48.3 Å². The van der Waals surface area contributed by atoms with E-state index in [1.54, 1.807) is 98.5 Å². The molecule has 3 heterocycles. The van der Waals surface area contributed by atoms with Crippen LogP contribution in [0.25, 0.3) is 22.3 Å². The number of rotatable bonds is 20. The SMILES string of the molecule is CC(C)ONN(CN[C@@H](C(=O)N1CCC[C@H]1C(=O)Nc1ccc2oc(-c3ccc(NC(=O)[C@@H]4CCCN4C(=O)[C@@H](c4ccccc4)N(C(=O)O)C(C)C)cc3)c(Br)c2c1)c1ccccc1)OC(C)C=O. The minimum atomic E-state index is -1.23. The quantitative estimate of drug-likeness (QED) is 0.0286. The summed E-state index contributed by atoms with van der Waals surface area (Å²) in [6.45, 7) is 9.27. The molecule has 7 rings (SSSR count). The first-order valence-corrected chi connectivity index (χ1v) is 24.1. The summed E-state index contributed by atoms with van der Waals surface area (Å²) in [5, 5.41) is 21.2. The van der Waals surface area contributed by atoms with E-state index in [4.69, 9.17) is 14.1 Å². The molecule has 2 fully saturated rings. The lowest BCUT2D eigenvalue weighted by molar-refractivity contribution is -0.295. The van der Waals surface area contributed by atoms with Crippen molar-refractivity contribution in [1.29, 1.82) is 0 Å². The molecule has 4 aromatic carbocycles. The molecule has 370 valence electrons. The highest BCUT2D eigenvalue weighted by atomic mass is 79.9.